The lowest BCUT2D eigenvalue weighted by Crippen LogP contribution is -2.42. The summed E-state index contributed by atoms with van der Waals surface area (Å²) in [6, 6.07) is 8.40. The molecule has 0 bridgehead atoms. The molecule has 0 saturated heterocycles. The Hall–Kier alpha value is -2.08. The predicted octanol–water partition coefficient (Wildman–Crippen LogP) is 3.06. The molecule has 0 spiro atoms. The fraction of sp³-hybridized carbons (Fsp3) is 0.412. The van der Waals surface area contributed by atoms with Crippen molar-refractivity contribution >= 4 is 28.1 Å². The minimum Gasteiger partial charge on any atom is -0.372 e. The average molecular weight is 330 g/mol. The zero-order valence-corrected chi connectivity index (χ0v) is 14.6. The van der Waals surface area contributed by atoms with Crippen LogP contribution in [0.1, 0.15) is 29.9 Å². The maximum Gasteiger partial charge on any atom is 0.274 e. The summed E-state index contributed by atoms with van der Waals surface area (Å²) in [6.07, 6.45) is 0. The number of fused-ring (bicyclic) bond motifs is 1. The highest BCUT2D eigenvalue weighted by Gasteiger charge is 2.28. The Bertz CT molecular complexity index is 699. The first-order valence-corrected chi connectivity index (χ1v) is 8.77. The van der Waals surface area contributed by atoms with E-state index in [9.17, 15) is 4.79 Å². The number of hydrogen-bond acceptors (Lipinski definition) is 5. The third-order valence-electron chi connectivity index (χ3n) is 4.13. The van der Waals surface area contributed by atoms with Crippen molar-refractivity contribution in [2.24, 2.45) is 0 Å². The SMILES string of the molecule is CCNc1nc(C(=O)N2Cc3ccccc3N(C)C[C@@H]2C)cs1. The van der Waals surface area contributed by atoms with Gasteiger partial charge in [0.05, 0.1) is 0 Å². The van der Waals surface area contributed by atoms with Crippen LogP contribution in [0.15, 0.2) is 29.6 Å². The molecule has 0 saturated carbocycles. The van der Waals surface area contributed by atoms with Crippen LogP contribution in [0.2, 0.25) is 0 Å². The van der Waals surface area contributed by atoms with Gasteiger partial charge in [-0.05, 0) is 25.5 Å². The highest BCUT2D eigenvalue weighted by atomic mass is 32.1. The Morgan fingerprint density at radius 2 is 2.22 bits per heavy atom. The number of para-hydroxylation sites is 1. The summed E-state index contributed by atoms with van der Waals surface area (Å²) in [5.41, 5.74) is 2.90. The minimum absolute atomic E-state index is 0.00278. The number of aromatic nitrogens is 1. The van der Waals surface area contributed by atoms with E-state index in [1.54, 1.807) is 0 Å². The highest BCUT2D eigenvalue weighted by Crippen LogP contribution is 2.27. The maximum atomic E-state index is 12.9. The highest BCUT2D eigenvalue weighted by molar-refractivity contribution is 7.13. The van der Waals surface area contributed by atoms with Gasteiger partial charge in [-0.1, -0.05) is 18.2 Å². The van der Waals surface area contributed by atoms with E-state index in [2.05, 4.69) is 41.3 Å². The van der Waals surface area contributed by atoms with Crippen LogP contribution >= 0.6 is 11.3 Å². The molecule has 0 fully saturated rings. The first-order valence-electron chi connectivity index (χ1n) is 7.89. The summed E-state index contributed by atoms with van der Waals surface area (Å²) >= 11 is 1.48. The van der Waals surface area contributed by atoms with Crippen molar-refractivity contribution in [3.8, 4) is 0 Å². The molecule has 122 valence electrons. The molecule has 1 aliphatic rings. The summed E-state index contributed by atoms with van der Waals surface area (Å²) < 4.78 is 0. The van der Waals surface area contributed by atoms with Crippen molar-refractivity contribution in [2.45, 2.75) is 26.4 Å². The van der Waals surface area contributed by atoms with Crippen LogP contribution < -0.4 is 10.2 Å². The Morgan fingerprint density at radius 3 is 3.00 bits per heavy atom. The summed E-state index contributed by atoms with van der Waals surface area (Å²) in [5.74, 6) is 0.00278. The number of thiazole rings is 1. The van der Waals surface area contributed by atoms with Gasteiger partial charge in [-0.15, -0.1) is 11.3 Å². The van der Waals surface area contributed by atoms with Crippen LogP contribution in [0.5, 0.6) is 0 Å². The van der Waals surface area contributed by atoms with Crippen molar-refractivity contribution < 1.29 is 4.79 Å². The van der Waals surface area contributed by atoms with E-state index in [-0.39, 0.29) is 11.9 Å². The zero-order valence-electron chi connectivity index (χ0n) is 13.7. The van der Waals surface area contributed by atoms with Crippen molar-refractivity contribution in [3.05, 3.63) is 40.9 Å². The molecule has 0 unspecified atom stereocenters. The van der Waals surface area contributed by atoms with Gasteiger partial charge < -0.3 is 15.1 Å². The Labute approximate surface area is 140 Å². The lowest BCUT2D eigenvalue weighted by atomic mass is 10.1. The van der Waals surface area contributed by atoms with E-state index in [1.807, 2.05) is 29.3 Å². The quantitative estimate of drug-likeness (QED) is 0.940. The standard InChI is InChI=1S/C17H22N4OS/c1-4-18-17-19-14(11-23-17)16(22)21-10-13-7-5-6-8-15(13)20(3)9-12(21)2/h5-8,11-12H,4,9-10H2,1-3H3,(H,18,19)/t12-/m0/s1. The summed E-state index contributed by atoms with van der Waals surface area (Å²) in [6.45, 7) is 6.35. The van der Waals surface area contributed by atoms with Gasteiger partial charge in [0.25, 0.3) is 5.91 Å². The largest absolute Gasteiger partial charge is 0.372 e. The molecular weight excluding hydrogens is 308 g/mol. The molecule has 1 aromatic heterocycles. The van der Waals surface area contributed by atoms with Gasteiger partial charge in [-0.3, -0.25) is 4.79 Å². The number of carbonyl (C=O) groups excluding carboxylic acids is 1. The number of nitrogens with zero attached hydrogens (tertiary/aromatic N) is 3. The van der Waals surface area contributed by atoms with E-state index in [4.69, 9.17) is 0 Å². The Kier molecular flexibility index (Phi) is 4.52. The fourth-order valence-corrected chi connectivity index (χ4v) is 3.73. The van der Waals surface area contributed by atoms with Crippen molar-refractivity contribution in [2.75, 3.05) is 30.4 Å². The molecule has 1 aromatic carbocycles. The van der Waals surface area contributed by atoms with Crippen LogP contribution in [0.3, 0.4) is 0 Å². The van der Waals surface area contributed by atoms with E-state index >= 15 is 0 Å². The van der Waals surface area contributed by atoms with E-state index < -0.39 is 0 Å². The minimum atomic E-state index is 0.00278. The number of nitrogens with one attached hydrogen (secondary N) is 1. The second-order valence-corrected chi connectivity index (χ2v) is 6.72. The molecule has 1 amide bonds. The summed E-state index contributed by atoms with van der Waals surface area (Å²) in [7, 11) is 2.08. The van der Waals surface area contributed by atoms with Crippen LogP contribution in [-0.2, 0) is 6.54 Å². The fourth-order valence-electron chi connectivity index (χ4n) is 2.97. The number of amides is 1. The number of anilines is 2. The molecule has 0 aliphatic carbocycles. The van der Waals surface area contributed by atoms with Crippen LogP contribution in [-0.4, -0.2) is 42.0 Å². The first-order chi connectivity index (χ1) is 11.1. The molecule has 0 radical (unpaired) electrons. The van der Waals surface area contributed by atoms with Gasteiger partial charge in [0.1, 0.15) is 5.69 Å². The Balaban J connectivity index is 1.87. The summed E-state index contributed by atoms with van der Waals surface area (Å²) in [5, 5.41) is 5.80. The topological polar surface area (TPSA) is 48.5 Å². The second-order valence-electron chi connectivity index (χ2n) is 5.86. The molecule has 1 N–H and O–H groups in total. The number of rotatable bonds is 3. The first kappa shape index (κ1) is 15.8. The lowest BCUT2D eigenvalue weighted by Gasteiger charge is -2.28. The van der Waals surface area contributed by atoms with E-state index in [0.717, 1.165) is 18.2 Å². The van der Waals surface area contributed by atoms with Gasteiger partial charge in [-0.25, -0.2) is 4.98 Å². The molecule has 6 heteroatoms. The number of benzene rings is 1. The molecule has 2 aromatic rings. The molecule has 23 heavy (non-hydrogen) atoms. The van der Waals surface area contributed by atoms with Gasteiger partial charge in [0.2, 0.25) is 0 Å². The Morgan fingerprint density at radius 1 is 1.43 bits per heavy atom. The smallest absolute Gasteiger partial charge is 0.274 e. The van der Waals surface area contributed by atoms with Crippen molar-refractivity contribution in [3.63, 3.8) is 0 Å². The number of likely N-dealkylation sites (N-methyl/N-ethyl adjacent to an activating group) is 1. The van der Waals surface area contributed by atoms with Gasteiger partial charge >= 0.3 is 0 Å². The molecule has 2 heterocycles. The molecule has 5 nitrogen and oxygen atoms in total. The van der Waals surface area contributed by atoms with Crippen molar-refractivity contribution in [1.29, 1.82) is 0 Å². The average Bonchev–Trinajstić information content (AvgIpc) is 2.96. The van der Waals surface area contributed by atoms with Crippen LogP contribution in [0, 0.1) is 0 Å². The van der Waals surface area contributed by atoms with Gasteiger partial charge in [0, 0.05) is 43.8 Å². The molecule has 1 atom stereocenters. The molecular formula is C17H22N4OS. The van der Waals surface area contributed by atoms with Crippen LogP contribution in [0.25, 0.3) is 0 Å². The lowest BCUT2D eigenvalue weighted by molar-refractivity contribution is 0.0682. The number of carbonyl (C=O) groups is 1. The maximum absolute atomic E-state index is 12.9. The van der Waals surface area contributed by atoms with E-state index in [0.29, 0.717) is 12.2 Å². The van der Waals surface area contributed by atoms with Crippen molar-refractivity contribution in [1.82, 2.24) is 9.88 Å². The molecule has 3 rings (SSSR count). The summed E-state index contributed by atoms with van der Waals surface area (Å²) in [4.78, 5) is 21.5. The second kappa shape index (κ2) is 6.58. The zero-order chi connectivity index (χ0) is 16.4. The third kappa shape index (κ3) is 3.17. The van der Waals surface area contributed by atoms with E-state index in [1.165, 1.54) is 22.6 Å². The van der Waals surface area contributed by atoms with Gasteiger partial charge in [0.15, 0.2) is 5.13 Å². The normalized spacial score (nSPS) is 17.6. The number of hydrogen-bond donors (Lipinski definition) is 1. The molecule has 1 aliphatic heterocycles. The predicted molar refractivity (Wildman–Crippen MR) is 95.3 cm³/mol. The monoisotopic (exact) mass is 330 g/mol. The third-order valence-corrected chi connectivity index (χ3v) is 4.93. The van der Waals surface area contributed by atoms with Gasteiger partial charge in [-0.2, -0.15) is 0 Å². The van der Waals surface area contributed by atoms with Crippen LogP contribution in [0.4, 0.5) is 10.8 Å².